The van der Waals surface area contributed by atoms with Gasteiger partial charge in [0, 0.05) is 6.54 Å². The van der Waals surface area contributed by atoms with Crippen LogP contribution < -0.4 is 10.6 Å². The van der Waals surface area contributed by atoms with Crippen LogP contribution in [0.1, 0.15) is 25.7 Å². The first-order valence-corrected chi connectivity index (χ1v) is 7.08. The van der Waals surface area contributed by atoms with E-state index in [1.165, 1.54) is 4.90 Å². The molecule has 4 amide bonds. The fourth-order valence-corrected chi connectivity index (χ4v) is 3.60. The number of nitrogens with one attached hydrogen (secondary N) is 2. The lowest BCUT2D eigenvalue weighted by Crippen LogP contribution is -2.50. The van der Waals surface area contributed by atoms with E-state index < -0.39 is 35.3 Å². The largest absolute Gasteiger partial charge is 0.481 e. The Bertz CT molecular complexity index is 534. The van der Waals surface area contributed by atoms with E-state index in [0.717, 1.165) is 6.42 Å². The number of hydrogen-bond acceptors (Lipinski definition) is 4. The van der Waals surface area contributed by atoms with Crippen molar-refractivity contribution in [3.63, 3.8) is 0 Å². The van der Waals surface area contributed by atoms with Gasteiger partial charge in [-0.25, -0.2) is 4.79 Å². The first-order chi connectivity index (χ1) is 9.93. The predicted octanol–water partition coefficient (Wildman–Crippen LogP) is -0.702. The van der Waals surface area contributed by atoms with Gasteiger partial charge in [-0.1, -0.05) is 6.42 Å². The van der Waals surface area contributed by atoms with E-state index in [4.69, 9.17) is 5.11 Å². The normalized spacial score (nSPS) is 35.1. The third-order valence-electron chi connectivity index (χ3n) is 4.75. The summed E-state index contributed by atoms with van der Waals surface area (Å²) in [5.41, 5.74) is -1.04. The van der Waals surface area contributed by atoms with Crippen molar-refractivity contribution < 1.29 is 24.3 Å². The zero-order valence-corrected chi connectivity index (χ0v) is 11.4. The van der Waals surface area contributed by atoms with Gasteiger partial charge in [0.2, 0.25) is 5.91 Å². The van der Waals surface area contributed by atoms with Gasteiger partial charge in [0.05, 0.1) is 18.4 Å². The van der Waals surface area contributed by atoms with Crippen LogP contribution in [-0.2, 0) is 14.4 Å². The number of urea groups is 1. The van der Waals surface area contributed by atoms with E-state index in [1.807, 2.05) is 0 Å². The van der Waals surface area contributed by atoms with Crippen molar-refractivity contribution >= 4 is 23.8 Å². The number of carboxylic acid groups (broad SMARTS) is 1. The number of carbonyl (C=O) groups excluding carboxylic acids is 3. The Morgan fingerprint density at radius 2 is 1.95 bits per heavy atom. The average molecular weight is 295 g/mol. The number of amides is 4. The molecule has 0 aromatic rings. The van der Waals surface area contributed by atoms with Crippen molar-refractivity contribution in [1.29, 1.82) is 0 Å². The molecular formula is C13H17N3O5. The molecule has 1 saturated carbocycles. The SMILES string of the molecule is O=C1NC(=O)C2(CCN(C(=O)C3CCCC3C(=O)O)C2)N1. The Hall–Kier alpha value is -2.12. The van der Waals surface area contributed by atoms with E-state index in [1.54, 1.807) is 0 Å². The Labute approximate surface area is 120 Å². The van der Waals surface area contributed by atoms with Crippen LogP contribution >= 0.6 is 0 Å². The Morgan fingerprint density at radius 3 is 2.57 bits per heavy atom. The zero-order valence-electron chi connectivity index (χ0n) is 11.4. The van der Waals surface area contributed by atoms with Crippen molar-refractivity contribution in [3.05, 3.63) is 0 Å². The molecule has 1 spiro atoms. The second-order valence-corrected chi connectivity index (χ2v) is 5.98. The molecule has 8 heteroatoms. The van der Waals surface area contributed by atoms with Gasteiger partial charge in [-0.15, -0.1) is 0 Å². The molecule has 3 unspecified atom stereocenters. The van der Waals surface area contributed by atoms with Gasteiger partial charge in [-0.05, 0) is 19.3 Å². The molecule has 0 radical (unpaired) electrons. The summed E-state index contributed by atoms with van der Waals surface area (Å²) in [6, 6.07) is -0.543. The first-order valence-electron chi connectivity index (χ1n) is 7.08. The molecule has 21 heavy (non-hydrogen) atoms. The van der Waals surface area contributed by atoms with Crippen molar-refractivity contribution in [2.24, 2.45) is 11.8 Å². The molecule has 0 aromatic heterocycles. The molecule has 2 saturated heterocycles. The summed E-state index contributed by atoms with van der Waals surface area (Å²) in [5.74, 6) is -2.72. The molecule has 1 aliphatic carbocycles. The molecule has 114 valence electrons. The highest BCUT2D eigenvalue weighted by Crippen LogP contribution is 2.35. The topological polar surface area (TPSA) is 116 Å². The quantitative estimate of drug-likeness (QED) is 0.582. The summed E-state index contributed by atoms with van der Waals surface area (Å²) in [7, 11) is 0. The van der Waals surface area contributed by atoms with Gasteiger partial charge < -0.3 is 15.3 Å². The smallest absolute Gasteiger partial charge is 0.322 e. The minimum Gasteiger partial charge on any atom is -0.481 e. The minimum absolute atomic E-state index is 0.117. The number of carbonyl (C=O) groups is 4. The predicted molar refractivity (Wildman–Crippen MR) is 69.1 cm³/mol. The lowest BCUT2D eigenvalue weighted by molar-refractivity contribution is -0.148. The molecule has 2 aliphatic heterocycles. The highest BCUT2D eigenvalue weighted by molar-refractivity contribution is 6.07. The summed E-state index contributed by atoms with van der Waals surface area (Å²) in [4.78, 5) is 48.3. The molecule has 8 nitrogen and oxygen atoms in total. The lowest BCUT2D eigenvalue weighted by atomic mass is 9.94. The summed E-state index contributed by atoms with van der Waals surface area (Å²) in [6.45, 7) is 0.474. The zero-order chi connectivity index (χ0) is 15.2. The van der Waals surface area contributed by atoms with Crippen LogP contribution in [-0.4, -0.2) is 52.4 Å². The molecule has 0 aromatic carbocycles. The number of hydrogen-bond donors (Lipinski definition) is 3. The molecular weight excluding hydrogens is 278 g/mol. The third-order valence-corrected chi connectivity index (χ3v) is 4.75. The molecule has 3 N–H and O–H groups in total. The maximum Gasteiger partial charge on any atom is 0.322 e. The van der Waals surface area contributed by atoms with Crippen LogP contribution in [0.5, 0.6) is 0 Å². The Balaban J connectivity index is 1.72. The lowest BCUT2D eigenvalue weighted by Gasteiger charge is -2.25. The van der Waals surface area contributed by atoms with E-state index in [9.17, 15) is 19.2 Å². The molecule has 0 bridgehead atoms. The van der Waals surface area contributed by atoms with E-state index in [-0.39, 0.29) is 12.5 Å². The van der Waals surface area contributed by atoms with Crippen LogP contribution in [0.2, 0.25) is 0 Å². The Kier molecular flexibility index (Phi) is 3.11. The summed E-state index contributed by atoms with van der Waals surface area (Å²) < 4.78 is 0. The number of nitrogens with zero attached hydrogens (tertiary/aromatic N) is 1. The number of imide groups is 1. The van der Waals surface area contributed by atoms with E-state index >= 15 is 0 Å². The fourth-order valence-electron chi connectivity index (χ4n) is 3.60. The van der Waals surface area contributed by atoms with Gasteiger partial charge in [0.25, 0.3) is 5.91 Å². The van der Waals surface area contributed by atoms with Crippen molar-refractivity contribution in [1.82, 2.24) is 15.5 Å². The maximum atomic E-state index is 12.5. The number of rotatable bonds is 2. The summed E-state index contributed by atoms with van der Waals surface area (Å²) in [5, 5.41) is 13.9. The van der Waals surface area contributed by atoms with E-state index in [2.05, 4.69) is 10.6 Å². The van der Waals surface area contributed by atoms with E-state index in [0.29, 0.717) is 25.8 Å². The fraction of sp³-hybridized carbons (Fsp3) is 0.692. The number of likely N-dealkylation sites (tertiary alicyclic amines) is 1. The molecule has 2 heterocycles. The van der Waals surface area contributed by atoms with Crippen LogP contribution in [0.15, 0.2) is 0 Å². The molecule has 3 aliphatic rings. The van der Waals surface area contributed by atoms with Crippen LogP contribution in [0.4, 0.5) is 4.79 Å². The van der Waals surface area contributed by atoms with Gasteiger partial charge in [-0.2, -0.15) is 0 Å². The monoisotopic (exact) mass is 295 g/mol. The highest BCUT2D eigenvalue weighted by atomic mass is 16.4. The third kappa shape index (κ3) is 2.14. The van der Waals surface area contributed by atoms with Gasteiger partial charge in [-0.3, -0.25) is 19.7 Å². The highest BCUT2D eigenvalue weighted by Gasteiger charge is 2.53. The minimum atomic E-state index is -1.04. The standard InChI is InChI=1S/C13H17N3O5/c17-9(7-2-1-3-8(7)10(18)19)16-5-4-13(6-16)11(20)14-12(21)15-13/h7-8H,1-6H2,(H,18,19)(H2,14,15,20,21). The van der Waals surface area contributed by atoms with Crippen LogP contribution in [0.25, 0.3) is 0 Å². The summed E-state index contributed by atoms with van der Waals surface area (Å²) >= 11 is 0. The molecule has 3 fully saturated rings. The van der Waals surface area contributed by atoms with Gasteiger partial charge in [0.1, 0.15) is 5.54 Å². The number of aliphatic carboxylic acids is 1. The van der Waals surface area contributed by atoms with Gasteiger partial charge >= 0.3 is 12.0 Å². The van der Waals surface area contributed by atoms with Crippen molar-refractivity contribution in [3.8, 4) is 0 Å². The van der Waals surface area contributed by atoms with Crippen molar-refractivity contribution in [2.45, 2.75) is 31.2 Å². The average Bonchev–Trinajstić information content (AvgIpc) is 3.10. The first kappa shape index (κ1) is 13.8. The van der Waals surface area contributed by atoms with Crippen molar-refractivity contribution in [2.75, 3.05) is 13.1 Å². The van der Waals surface area contributed by atoms with Gasteiger partial charge in [0.15, 0.2) is 0 Å². The molecule has 3 rings (SSSR count). The van der Waals surface area contributed by atoms with Crippen LogP contribution in [0.3, 0.4) is 0 Å². The Morgan fingerprint density at radius 1 is 1.24 bits per heavy atom. The maximum absolute atomic E-state index is 12.5. The van der Waals surface area contributed by atoms with Crippen LogP contribution in [0, 0.1) is 11.8 Å². The number of carboxylic acids is 1. The second kappa shape index (κ2) is 4.71. The second-order valence-electron chi connectivity index (χ2n) is 5.98. The molecule has 3 atom stereocenters. The summed E-state index contributed by atoms with van der Waals surface area (Å²) in [6.07, 6.45) is 2.17.